The number of rotatable bonds is 25. The molecule has 3 N–H and O–H groups in total. The minimum Gasteiger partial charge on any atom is -0.494 e. The van der Waals surface area contributed by atoms with Gasteiger partial charge in [-0.2, -0.15) is 0 Å². The molecule has 4 heteroatoms. The van der Waals surface area contributed by atoms with Crippen molar-refractivity contribution in [3.05, 3.63) is 29.8 Å². The Morgan fingerprint density at radius 1 is 0.686 bits per heavy atom. The van der Waals surface area contributed by atoms with Crippen LogP contribution in [0.2, 0.25) is 0 Å². The van der Waals surface area contributed by atoms with Crippen molar-refractivity contribution in [2.75, 3.05) is 6.61 Å². The van der Waals surface area contributed by atoms with E-state index in [0.29, 0.717) is 6.42 Å². The van der Waals surface area contributed by atoms with Gasteiger partial charge in [0, 0.05) is 0 Å². The van der Waals surface area contributed by atoms with Crippen LogP contribution in [0.4, 0.5) is 0 Å². The Morgan fingerprint density at radius 3 is 1.43 bits per heavy atom. The number of carbonyl (C=O) groups is 1. The van der Waals surface area contributed by atoms with Crippen molar-refractivity contribution in [3.63, 3.8) is 0 Å². The Balaban J connectivity index is 1.79. The summed E-state index contributed by atoms with van der Waals surface area (Å²) in [5.41, 5.74) is 6.50. The van der Waals surface area contributed by atoms with E-state index in [1.165, 1.54) is 122 Å². The Bertz CT molecular complexity index is 602. The van der Waals surface area contributed by atoms with Gasteiger partial charge in [-0.05, 0) is 30.5 Å². The molecule has 0 radical (unpaired) electrons. The molecular weight excluding hydrogens is 434 g/mol. The molecule has 0 aliphatic rings. The molecule has 0 aliphatic heterocycles. The molecule has 1 aromatic rings. The van der Waals surface area contributed by atoms with Crippen molar-refractivity contribution in [3.8, 4) is 5.75 Å². The van der Waals surface area contributed by atoms with Crippen LogP contribution in [0.25, 0.3) is 0 Å². The first-order valence-corrected chi connectivity index (χ1v) is 14.8. The van der Waals surface area contributed by atoms with E-state index in [-0.39, 0.29) is 0 Å². The molecule has 35 heavy (non-hydrogen) atoms. The number of nitrogens with two attached hydrogens (primary N) is 1. The van der Waals surface area contributed by atoms with Gasteiger partial charge in [-0.25, -0.2) is 0 Å². The second-order valence-electron chi connectivity index (χ2n) is 10.4. The van der Waals surface area contributed by atoms with Gasteiger partial charge in [0.25, 0.3) is 0 Å². The van der Waals surface area contributed by atoms with E-state index in [1.807, 2.05) is 24.3 Å². The fourth-order valence-corrected chi connectivity index (χ4v) is 4.61. The van der Waals surface area contributed by atoms with E-state index < -0.39 is 12.0 Å². The van der Waals surface area contributed by atoms with E-state index in [0.717, 1.165) is 24.3 Å². The average molecular weight is 490 g/mol. The third kappa shape index (κ3) is 19.3. The number of carboxylic acids is 1. The summed E-state index contributed by atoms with van der Waals surface area (Å²) >= 11 is 0. The maximum absolute atomic E-state index is 10.8. The van der Waals surface area contributed by atoms with Crippen molar-refractivity contribution < 1.29 is 14.6 Å². The van der Waals surface area contributed by atoms with Crippen LogP contribution in [0.5, 0.6) is 5.75 Å². The van der Waals surface area contributed by atoms with E-state index >= 15 is 0 Å². The van der Waals surface area contributed by atoms with E-state index in [2.05, 4.69) is 6.92 Å². The lowest BCUT2D eigenvalue weighted by atomic mass is 10.0. The molecule has 1 aromatic carbocycles. The lowest BCUT2D eigenvalue weighted by Crippen LogP contribution is -2.32. The van der Waals surface area contributed by atoms with E-state index in [9.17, 15) is 4.79 Å². The molecule has 1 atom stereocenters. The molecule has 0 amide bonds. The quantitative estimate of drug-likeness (QED) is 0.135. The predicted molar refractivity (Wildman–Crippen MR) is 149 cm³/mol. The van der Waals surface area contributed by atoms with Gasteiger partial charge in [0.2, 0.25) is 0 Å². The molecule has 1 rings (SSSR count). The molecule has 0 heterocycles. The van der Waals surface area contributed by atoms with Crippen molar-refractivity contribution in [1.29, 1.82) is 0 Å². The molecule has 0 bridgehead atoms. The third-order valence-corrected chi connectivity index (χ3v) is 6.96. The highest BCUT2D eigenvalue weighted by Gasteiger charge is 2.11. The first-order valence-electron chi connectivity index (χ1n) is 14.8. The van der Waals surface area contributed by atoms with Gasteiger partial charge >= 0.3 is 5.97 Å². The van der Waals surface area contributed by atoms with Gasteiger partial charge < -0.3 is 15.6 Å². The molecule has 4 nitrogen and oxygen atoms in total. The van der Waals surface area contributed by atoms with Crippen LogP contribution in [0, 0.1) is 0 Å². The molecule has 0 saturated carbocycles. The van der Waals surface area contributed by atoms with Crippen molar-refractivity contribution >= 4 is 5.97 Å². The molecule has 0 unspecified atom stereocenters. The first kappa shape index (κ1) is 31.5. The second-order valence-corrected chi connectivity index (χ2v) is 10.4. The number of ether oxygens (including phenoxy) is 1. The van der Waals surface area contributed by atoms with Crippen LogP contribution in [-0.4, -0.2) is 23.7 Å². The molecule has 0 spiro atoms. The molecule has 0 aliphatic carbocycles. The van der Waals surface area contributed by atoms with Gasteiger partial charge in [0.05, 0.1) is 6.61 Å². The lowest BCUT2D eigenvalue weighted by molar-refractivity contribution is -0.138. The van der Waals surface area contributed by atoms with Gasteiger partial charge in [-0.15, -0.1) is 0 Å². The smallest absolute Gasteiger partial charge is 0.320 e. The van der Waals surface area contributed by atoms with E-state index in [4.69, 9.17) is 15.6 Å². The summed E-state index contributed by atoms with van der Waals surface area (Å²) in [6.07, 6.45) is 28.2. The number of benzene rings is 1. The first-order chi connectivity index (χ1) is 17.1. The maximum atomic E-state index is 10.8. The minimum absolute atomic E-state index is 0.342. The number of hydrogen-bond donors (Lipinski definition) is 2. The molecule has 0 saturated heterocycles. The number of aliphatic carboxylic acids is 1. The zero-order valence-corrected chi connectivity index (χ0v) is 22.8. The summed E-state index contributed by atoms with van der Waals surface area (Å²) in [4.78, 5) is 10.8. The monoisotopic (exact) mass is 489 g/mol. The van der Waals surface area contributed by atoms with Crippen LogP contribution in [0.15, 0.2) is 24.3 Å². The average Bonchev–Trinajstić information content (AvgIpc) is 2.86. The zero-order chi connectivity index (χ0) is 25.4. The summed E-state index contributed by atoms with van der Waals surface area (Å²) in [6, 6.07) is 6.75. The van der Waals surface area contributed by atoms with Crippen LogP contribution in [-0.2, 0) is 11.2 Å². The fraction of sp³-hybridized carbons (Fsp3) is 0.774. The SMILES string of the molecule is CCCCCCCCCCCCCCCCCCCCCCOc1ccc(C[C@H](N)C(=O)O)cc1. The summed E-state index contributed by atoms with van der Waals surface area (Å²) in [5, 5.41) is 8.88. The Kier molecular flexibility index (Phi) is 20.6. The molecule has 0 aromatic heterocycles. The van der Waals surface area contributed by atoms with Gasteiger partial charge in [-0.3, -0.25) is 4.79 Å². The Labute approximate surface area is 216 Å². The highest BCUT2D eigenvalue weighted by Crippen LogP contribution is 2.16. The topological polar surface area (TPSA) is 72.5 Å². The summed E-state index contributed by atoms with van der Waals surface area (Å²) in [5.74, 6) is -0.125. The molecule has 202 valence electrons. The summed E-state index contributed by atoms with van der Waals surface area (Å²) < 4.78 is 5.80. The maximum Gasteiger partial charge on any atom is 0.320 e. The number of carboxylic acid groups (broad SMARTS) is 1. The number of hydrogen-bond acceptors (Lipinski definition) is 3. The van der Waals surface area contributed by atoms with Crippen molar-refractivity contribution in [2.45, 2.75) is 148 Å². The standard InChI is InChI=1S/C31H55NO3/c1-2-3-4-5-6-7-8-9-10-11-12-13-14-15-16-17-18-19-20-21-26-35-29-24-22-28(23-25-29)27-30(32)31(33)34/h22-25,30H,2-21,26-27,32H2,1H3,(H,33,34)/t30-/m0/s1. The third-order valence-electron chi connectivity index (χ3n) is 6.96. The Hall–Kier alpha value is -1.55. The molecular formula is C31H55NO3. The summed E-state index contributed by atoms with van der Waals surface area (Å²) in [7, 11) is 0. The number of unbranched alkanes of at least 4 members (excludes halogenated alkanes) is 19. The minimum atomic E-state index is -0.968. The highest BCUT2D eigenvalue weighted by atomic mass is 16.5. The normalized spacial score (nSPS) is 12.1. The van der Waals surface area contributed by atoms with Crippen LogP contribution >= 0.6 is 0 Å². The van der Waals surface area contributed by atoms with Crippen LogP contribution in [0.3, 0.4) is 0 Å². The lowest BCUT2D eigenvalue weighted by Gasteiger charge is -2.09. The van der Waals surface area contributed by atoms with Gasteiger partial charge in [0.1, 0.15) is 11.8 Å². The fourth-order valence-electron chi connectivity index (χ4n) is 4.61. The molecule has 0 fully saturated rings. The van der Waals surface area contributed by atoms with Crippen molar-refractivity contribution in [2.24, 2.45) is 5.73 Å². The largest absolute Gasteiger partial charge is 0.494 e. The highest BCUT2D eigenvalue weighted by molar-refractivity contribution is 5.73. The van der Waals surface area contributed by atoms with Crippen LogP contribution in [0.1, 0.15) is 141 Å². The van der Waals surface area contributed by atoms with Gasteiger partial charge in [0.15, 0.2) is 0 Å². The predicted octanol–water partition coefficient (Wildman–Crippen LogP) is 8.84. The van der Waals surface area contributed by atoms with Gasteiger partial charge in [-0.1, -0.05) is 141 Å². The second kappa shape index (κ2) is 22.9. The van der Waals surface area contributed by atoms with E-state index in [1.54, 1.807) is 0 Å². The van der Waals surface area contributed by atoms with Crippen LogP contribution < -0.4 is 10.5 Å². The summed E-state index contributed by atoms with van der Waals surface area (Å²) in [6.45, 7) is 3.03. The van der Waals surface area contributed by atoms with Crippen molar-refractivity contribution in [1.82, 2.24) is 0 Å². The zero-order valence-electron chi connectivity index (χ0n) is 22.8. The Morgan fingerprint density at radius 2 is 1.06 bits per heavy atom.